The Morgan fingerprint density at radius 2 is 1.33 bits per heavy atom. The van der Waals surface area contributed by atoms with Crippen LogP contribution in [0.15, 0.2) is 30.3 Å². The van der Waals surface area contributed by atoms with Crippen molar-refractivity contribution in [1.29, 1.82) is 0 Å². The molecule has 2 aromatic carbocycles. The third-order valence-corrected chi connectivity index (χ3v) is 4.18. The van der Waals surface area contributed by atoms with Gasteiger partial charge in [-0.25, -0.2) is 0 Å². The van der Waals surface area contributed by atoms with Crippen molar-refractivity contribution in [3.05, 3.63) is 35.9 Å². The van der Waals surface area contributed by atoms with Crippen LogP contribution in [-0.2, 0) is 6.42 Å². The van der Waals surface area contributed by atoms with E-state index in [1.165, 1.54) is 61.3 Å². The fraction of sp³-hybridized carbons (Fsp3) is 0.474. The number of anilines is 2. The SMILES string of the molecule is CCCCCCCCCc1ccc2cc(N)c(N)cc2c1. The zero-order valence-electron chi connectivity index (χ0n) is 13.2. The molecule has 0 heterocycles. The van der Waals surface area contributed by atoms with Crippen LogP contribution >= 0.6 is 0 Å². The predicted molar refractivity (Wildman–Crippen MR) is 94.5 cm³/mol. The van der Waals surface area contributed by atoms with Gasteiger partial charge in [0.15, 0.2) is 0 Å². The first kappa shape index (κ1) is 15.7. The van der Waals surface area contributed by atoms with Crippen molar-refractivity contribution >= 4 is 22.1 Å². The van der Waals surface area contributed by atoms with Crippen LogP contribution in [0.4, 0.5) is 11.4 Å². The van der Waals surface area contributed by atoms with Crippen molar-refractivity contribution in [2.45, 2.75) is 58.3 Å². The first-order valence-electron chi connectivity index (χ1n) is 8.28. The molecule has 0 aliphatic heterocycles. The number of benzene rings is 2. The highest BCUT2D eigenvalue weighted by atomic mass is 14.7. The van der Waals surface area contributed by atoms with Crippen molar-refractivity contribution in [3.8, 4) is 0 Å². The number of unbranched alkanes of at least 4 members (excludes halogenated alkanes) is 6. The van der Waals surface area contributed by atoms with E-state index in [4.69, 9.17) is 11.5 Å². The molecule has 0 aromatic heterocycles. The molecule has 0 radical (unpaired) electrons. The molecule has 0 amide bonds. The smallest absolute Gasteiger partial charge is 0.0554 e. The zero-order chi connectivity index (χ0) is 15.1. The lowest BCUT2D eigenvalue weighted by atomic mass is 10.0. The second-order valence-electron chi connectivity index (χ2n) is 6.03. The monoisotopic (exact) mass is 284 g/mol. The summed E-state index contributed by atoms with van der Waals surface area (Å²) < 4.78 is 0. The molecule has 0 atom stereocenters. The number of hydrogen-bond acceptors (Lipinski definition) is 2. The molecule has 0 spiro atoms. The summed E-state index contributed by atoms with van der Waals surface area (Å²) in [6.45, 7) is 2.26. The number of aryl methyl sites for hydroxylation is 1. The van der Waals surface area contributed by atoms with Crippen LogP contribution in [0.25, 0.3) is 10.8 Å². The zero-order valence-corrected chi connectivity index (χ0v) is 13.2. The minimum absolute atomic E-state index is 0.669. The van der Waals surface area contributed by atoms with Gasteiger partial charge in [-0.3, -0.25) is 0 Å². The lowest BCUT2D eigenvalue weighted by molar-refractivity contribution is 0.589. The topological polar surface area (TPSA) is 52.0 Å². The first-order valence-corrected chi connectivity index (χ1v) is 8.28. The van der Waals surface area contributed by atoms with Crippen LogP contribution in [-0.4, -0.2) is 0 Å². The summed E-state index contributed by atoms with van der Waals surface area (Å²) in [5.41, 5.74) is 14.5. The van der Waals surface area contributed by atoms with Crippen LogP contribution in [0, 0.1) is 0 Å². The predicted octanol–water partition coefficient (Wildman–Crippen LogP) is 5.30. The molecule has 0 fully saturated rings. The normalized spacial score (nSPS) is 11.1. The van der Waals surface area contributed by atoms with E-state index in [0.717, 1.165) is 6.42 Å². The molecular weight excluding hydrogens is 256 g/mol. The first-order chi connectivity index (χ1) is 10.2. The molecule has 114 valence electrons. The van der Waals surface area contributed by atoms with E-state index in [1.54, 1.807) is 0 Å². The Hall–Kier alpha value is -1.70. The van der Waals surface area contributed by atoms with E-state index >= 15 is 0 Å². The molecule has 0 aliphatic rings. The molecule has 2 rings (SSSR count). The van der Waals surface area contributed by atoms with E-state index in [9.17, 15) is 0 Å². The van der Waals surface area contributed by atoms with E-state index in [2.05, 4.69) is 25.1 Å². The number of fused-ring (bicyclic) bond motifs is 1. The van der Waals surface area contributed by atoms with Crippen molar-refractivity contribution < 1.29 is 0 Å². The minimum Gasteiger partial charge on any atom is -0.397 e. The number of nitrogens with two attached hydrogens (primary N) is 2. The van der Waals surface area contributed by atoms with Gasteiger partial charge >= 0.3 is 0 Å². The Balaban J connectivity index is 1.84. The highest BCUT2D eigenvalue weighted by molar-refractivity contribution is 5.91. The van der Waals surface area contributed by atoms with Crippen molar-refractivity contribution in [2.75, 3.05) is 11.5 Å². The lowest BCUT2D eigenvalue weighted by Crippen LogP contribution is -1.94. The molecular formula is C19H28N2. The second-order valence-corrected chi connectivity index (χ2v) is 6.03. The third kappa shape index (κ3) is 4.66. The molecule has 4 N–H and O–H groups in total. The van der Waals surface area contributed by atoms with Gasteiger partial charge in [0.25, 0.3) is 0 Å². The van der Waals surface area contributed by atoms with Gasteiger partial charge < -0.3 is 11.5 Å². The third-order valence-electron chi connectivity index (χ3n) is 4.18. The van der Waals surface area contributed by atoms with E-state index in [-0.39, 0.29) is 0 Å². The van der Waals surface area contributed by atoms with Crippen molar-refractivity contribution in [3.63, 3.8) is 0 Å². The fourth-order valence-corrected chi connectivity index (χ4v) is 2.82. The number of rotatable bonds is 8. The molecule has 0 bridgehead atoms. The highest BCUT2D eigenvalue weighted by Gasteiger charge is 2.01. The van der Waals surface area contributed by atoms with Gasteiger partial charge in [0, 0.05) is 0 Å². The van der Waals surface area contributed by atoms with Gasteiger partial charge in [0.05, 0.1) is 11.4 Å². The van der Waals surface area contributed by atoms with Gasteiger partial charge in [-0.2, -0.15) is 0 Å². The minimum atomic E-state index is 0.669. The quantitative estimate of drug-likeness (QED) is 0.510. The van der Waals surface area contributed by atoms with E-state index in [0.29, 0.717) is 11.4 Å². The molecule has 2 aromatic rings. The number of hydrogen-bond donors (Lipinski definition) is 2. The van der Waals surface area contributed by atoms with Crippen molar-refractivity contribution in [2.24, 2.45) is 0 Å². The molecule has 21 heavy (non-hydrogen) atoms. The summed E-state index contributed by atoms with van der Waals surface area (Å²) in [6, 6.07) is 10.6. The Kier molecular flexibility index (Phi) is 5.91. The summed E-state index contributed by atoms with van der Waals surface area (Å²) in [4.78, 5) is 0. The van der Waals surface area contributed by atoms with Crippen LogP contribution < -0.4 is 11.5 Å². The summed E-state index contributed by atoms with van der Waals surface area (Å²) in [7, 11) is 0. The Bertz CT molecular complexity index is 575. The molecule has 2 nitrogen and oxygen atoms in total. The van der Waals surface area contributed by atoms with Gasteiger partial charge in [-0.05, 0) is 41.3 Å². The Labute approximate surface area is 128 Å². The standard InChI is InChI=1S/C19H28N2/c1-2-3-4-5-6-7-8-9-15-10-11-16-13-18(20)19(21)14-17(16)12-15/h10-14H,2-9,20-21H2,1H3. The van der Waals surface area contributed by atoms with Gasteiger partial charge in [0.1, 0.15) is 0 Å². The largest absolute Gasteiger partial charge is 0.397 e. The van der Waals surface area contributed by atoms with Crippen LogP contribution in [0.2, 0.25) is 0 Å². The molecule has 0 unspecified atom stereocenters. The van der Waals surface area contributed by atoms with Crippen LogP contribution in [0.5, 0.6) is 0 Å². The average Bonchev–Trinajstić information content (AvgIpc) is 2.48. The van der Waals surface area contributed by atoms with Gasteiger partial charge in [0.2, 0.25) is 0 Å². The molecule has 0 saturated carbocycles. The maximum Gasteiger partial charge on any atom is 0.0554 e. The summed E-state index contributed by atoms with van der Waals surface area (Å²) in [6.07, 6.45) is 10.6. The fourth-order valence-electron chi connectivity index (χ4n) is 2.82. The maximum atomic E-state index is 5.89. The average molecular weight is 284 g/mol. The highest BCUT2D eigenvalue weighted by Crippen LogP contribution is 2.25. The maximum absolute atomic E-state index is 5.89. The summed E-state index contributed by atoms with van der Waals surface area (Å²) in [5.74, 6) is 0. The van der Waals surface area contributed by atoms with Crippen LogP contribution in [0.1, 0.15) is 57.4 Å². The lowest BCUT2D eigenvalue weighted by Gasteiger charge is -2.07. The molecule has 2 heteroatoms. The van der Waals surface area contributed by atoms with Gasteiger partial charge in [-0.1, -0.05) is 63.6 Å². The summed E-state index contributed by atoms with van der Waals surface area (Å²) in [5, 5.41) is 2.37. The van der Waals surface area contributed by atoms with Crippen LogP contribution in [0.3, 0.4) is 0 Å². The van der Waals surface area contributed by atoms with Gasteiger partial charge in [-0.15, -0.1) is 0 Å². The molecule has 0 aliphatic carbocycles. The second kappa shape index (κ2) is 7.92. The van der Waals surface area contributed by atoms with Crippen molar-refractivity contribution in [1.82, 2.24) is 0 Å². The Morgan fingerprint density at radius 3 is 2.05 bits per heavy atom. The Morgan fingerprint density at radius 1 is 0.714 bits per heavy atom. The summed E-state index contributed by atoms with van der Waals surface area (Å²) >= 11 is 0. The number of nitrogen functional groups attached to an aromatic ring is 2. The van der Waals surface area contributed by atoms with E-state index < -0.39 is 0 Å². The van der Waals surface area contributed by atoms with E-state index in [1.807, 2.05) is 12.1 Å². The molecule has 0 saturated heterocycles.